The molecule has 0 aromatic heterocycles. The van der Waals surface area contributed by atoms with Gasteiger partial charge in [0.15, 0.2) is 0 Å². The van der Waals surface area contributed by atoms with E-state index in [0.717, 1.165) is 0 Å². The summed E-state index contributed by atoms with van der Waals surface area (Å²) < 4.78 is 41.0. The average Bonchev–Trinajstić information content (AvgIpc) is 2.40. The number of halogens is 4. The molecule has 1 N–H and O–H groups in total. The van der Waals surface area contributed by atoms with Gasteiger partial charge in [-0.15, -0.1) is 12.4 Å². The van der Waals surface area contributed by atoms with Crippen LogP contribution in [0.25, 0.3) is 0 Å². The highest BCUT2D eigenvalue weighted by Crippen LogP contribution is 2.28. The third kappa shape index (κ3) is 3.41. The predicted molar refractivity (Wildman–Crippen MR) is 71.5 cm³/mol. The average molecular weight is 295 g/mol. The van der Waals surface area contributed by atoms with E-state index >= 15 is 0 Å². The van der Waals surface area contributed by atoms with Gasteiger partial charge in [-0.05, 0) is 18.6 Å². The quantitative estimate of drug-likeness (QED) is 0.922. The van der Waals surface area contributed by atoms with Crippen LogP contribution >= 0.6 is 12.4 Å². The number of hydrogen-bond acceptors (Lipinski definition) is 2. The van der Waals surface area contributed by atoms with Gasteiger partial charge in [0.1, 0.15) is 18.3 Å². The van der Waals surface area contributed by atoms with E-state index in [1.54, 1.807) is 11.8 Å². The maximum absolute atomic E-state index is 14.0. The van der Waals surface area contributed by atoms with Gasteiger partial charge in [-0.2, -0.15) is 0 Å². The van der Waals surface area contributed by atoms with Crippen molar-refractivity contribution in [3.8, 4) is 0 Å². The zero-order valence-electron chi connectivity index (χ0n) is 10.8. The van der Waals surface area contributed by atoms with Gasteiger partial charge in [-0.1, -0.05) is 6.07 Å². The molecule has 0 saturated carbocycles. The highest BCUT2D eigenvalue weighted by Gasteiger charge is 2.28. The molecular weight excluding hydrogens is 277 g/mol. The normalized spacial score (nSPS) is 17.9. The molecule has 108 valence electrons. The monoisotopic (exact) mass is 294 g/mol. The lowest BCUT2D eigenvalue weighted by molar-refractivity contribution is 0.141. The van der Waals surface area contributed by atoms with E-state index in [1.807, 2.05) is 0 Å². The Balaban J connectivity index is 0.00000180. The van der Waals surface area contributed by atoms with Crippen LogP contribution in [0, 0.1) is 18.6 Å². The highest BCUT2D eigenvalue weighted by molar-refractivity contribution is 5.85. The molecule has 1 atom stereocenters. The first kappa shape index (κ1) is 16.3. The van der Waals surface area contributed by atoms with Gasteiger partial charge in [0.2, 0.25) is 0 Å². The molecule has 0 amide bonds. The summed E-state index contributed by atoms with van der Waals surface area (Å²) in [6.07, 6.45) is 0. The van der Waals surface area contributed by atoms with Crippen molar-refractivity contribution in [2.24, 2.45) is 0 Å². The number of rotatable bonds is 3. The molecule has 0 spiro atoms. The first-order chi connectivity index (χ1) is 8.65. The molecule has 2 rings (SSSR count). The molecule has 0 unspecified atom stereocenters. The van der Waals surface area contributed by atoms with Crippen molar-refractivity contribution in [3.63, 3.8) is 0 Å². The van der Waals surface area contributed by atoms with Crippen LogP contribution < -0.4 is 5.32 Å². The van der Waals surface area contributed by atoms with Crippen molar-refractivity contribution in [2.75, 3.05) is 32.9 Å². The second kappa shape index (κ2) is 7.12. The Hall–Kier alpha value is -0.780. The van der Waals surface area contributed by atoms with Crippen molar-refractivity contribution in [1.82, 2.24) is 10.2 Å². The Morgan fingerprint density at radius 3 is 2.47 bits per heavy atom. The van der Waals surface area contributed by atoms with Gasteiger partial charge < -0.3 is 5.32 Å². The number of aryl methyl sites for hydroxylation is 1. The molecule has 1 aromatic rings. The maximum Gasteiger partial charge on any atom is 0.133 e. The van der Waals surface area contributed by atoms with Gasteiger partial charge in [0.05, 0.1) is 6.04 Å². The number of alkyl halides is 1. The van der Waals surface area contributed by atoms with Gasteiger partial charge in [0, 0.05) is 31.7 Å². The molecular formula is C13H18ClF3N2. The summed E-state index contributed by atoms with van der Waals surface area (Å²) in [4.78, 5) is 1.79. The minimum Gasteiger partial charge on any atom is -0.314 e. The van der Waals surface area contributed by atoms with Crippen molar-refractivity contribution in [3.05, 3.63) is 34.9 Å². The Labute approximate surface area is 117 Å². The fourth-order valence-electron chi connectivity index (χ4n) is 2.33. The topological polar surface area (TPSA) is 15.3 Å². The number of nitrogens with one attached hydrogen (secondary N) is 1. The van der Waals surface area contributed by atoms with Crippen molar-refractivity contribution in [2.45, 2.75) is 13.0 Å². The summed E-state index contributed by atoms with van der Waals surface area (Å²) in [6.45, 7) is 3.41. The summed E-state index contributed by atoms with van der Waals surface area (Å²) >= 11 is 0. The molecule has 2 nitrogen and oxygen atoms in total. The molecule has 6 heteroatoms. The fourth-order valence-corrected chi connectivity index (χ4v) is 2.33. The van der Waals surface area contributed by atoms with Gasteiger partial charge >= 0.3 is 0 Å². The largest absolute Gasteiger partial charge is 0.314 e. The molecule has 1 aliphatic rings. The highest BCUT2D eigenvalue weighted by atomic mass is 35.5. The molecule has 0 radical (unpaired) electrons. The molecule has 1 saturated heterocycles. The minimum atomic E-state index is -0.827. The third-order valence-corrected chi connectivity index (χ3v) is 3.39. The van der Waals surface area contributed by atoms with Crippen LogP contribution in [-0.4, -0.2) is 37.8 Å². The summed E-state index contributed by atoms with van der Waals surface area (Å²) in [5.74, 6) is -1.30. The van der Waals surface area contributed by atoms with Gasteiger partial charge in [0.25, 0.3) is 0 Å². The fraction of sp³-hybridized carbons (Fsp3) is 0.538. The number of benzene rings is 1. The van der Waals surface area contributed by atoms with E-state index in [4.69, 9.17) is 0 Å². The first-order valence-electron chi connectivity index (χ1n) is 6.10. The molecule has 19 heavy (non-hydrogen) atoms. The lowest BCUT2D eigenvalue weighted by Gasteiger charge is -2.34. The molecule has 0 aliphatic carbocycles. The molecule has 0 bridgehead atoms. The SMILES string of the molecule is Cc1ccc(F)c([C@@H](CF)N2CCNCC2)c1F.Cl. The van der Waals surface area contributed by atoms with Gasteiger partial charge in [-0.3, -0.25) is 4.90 Å². The van der Waals surface area contributed by atoms with Crippen LogP contribution in [0.3, 0.4) is 0 Å². The van der Waals surface area contributed by atoms with Crippen molar-refractivity contribution >= 4 is 12.4 Å². The lowest BCUT2D eigenvalue weighted by atomic mass is 10.0. The summed E-state index contributed by atoms with van der Waals surface area (Å²) in [6, 6.07) is 1.76. The smallest absolute Gasteiger partial charge is 0.133 e. The van der Waals surface area contributed by atoms with E-state index < -0.39 is 24.4 Å². The Morgan fingerprint density at radius 2 is 1.89 bits per heavy atom. The number of nitrogens with zero attached hydrogens (tertiary/aromatic N) is 1. The van der Waals surface area contributed by atoms with E-state index in [-0.39, 0.29) is 18.0 Å². The second-order valence-corrected chi connectivity index (χ2v) is 4.55. The van der Waals surface area contributed by atoms with E-state index in [9.17, 15) is 13.2 Å². The molecule has 1 aromatic carbocycles. The van der Waals surface area contributed by atoms with Crippen molar-refractivity contribution < 1.29 is 13.2 Å². The van der Waals surface area contributed by atoms with Crippen molar-refractivity contribution in [1.29, 1.82) is 0 Å². The minimum absolute atomic E-state index is 0. The maximum atomic E-state index is 14.0. The standard InChI is InChI=1S/C13H17F3N2.ClH/c1-9-2-3-10(15)12(13(9)16)11(8-14)18-6-4-17-5-7-18;/h2-3,11,17H,4-8H2,1H3;1H/t11-;/m1./s1. The summed E-state index contributed by atoms with van der Waals surface area (Å²) in [5, 5.41) is 3.13. The lowest BCUT2D eigenvalue weighted by Crippen LogP contribution is -2.46. The Bertz CT molecular complexity index is 423. The van der Waals surface area contributed by atoms with Crippen LogP contribution in [0.1, 0.15) is 17.2 Å². The number of hydrogen-bond donors (Lipinski definition) is 1. The predicted octanol–water partition coefficient (Wildman–Crippen LogP) is 2.61. The molecule has 1 heterocycles. The Morgan fingerprint density at radius 1 is 1.26 bits per heavy atom. The zero-order valence-corrected chi connectivity index (χ0v) is 11.6. The number of piperazine rings is 1. The molecule has 1 fully saturated rings. The zero-order chi connectivity index (χ0) is 13.1. The molecule has 1 aliphatic heterocycles. The summed E-state index contributed by atoms with van der Waals surface area (Å²) in [7, 11) is 0. The van der Waals surface area contributed by atoms with E-state index in [2.05, 4.69) is 5.32 Å². The van der Waals surface area contributed by atoms with E-state index in [0.29, 0.717) is 31.7 Å². The second-order valence-electron chi connectivity index (χ2n) is 4.55. The summed E-state index contributed by atoms with van der Waals surface area (Å²) in [5.41, 5.74) is 0.208. The van der Waals surface area contributed by atoms with Crippen LogP contribution in [0.15, 0.2) is 12.1 Å². The van der Waals surface area contributed by atoms with Crippen LogP contribution in [-0.2, 0) is 0 Å². The van der Waals surface area contributed by atoms with Crippen LogP contribution in [0.2, 0.25) is 0 Å². The van der Waals surface area contributed by atoms with Gasteiger partial charge in [-0.25, -0.2) is 13.2 Å². The van der Waals surface area contributed by atoms with Crippen LogP contribution in [0.4, 0.5) is 13.2 Å². The van der Waals surface area contributed by atoms with Crippen LogP contribution in [0.5, 0.6) is 0 Å². The third-order valence-electron chi connectivity index (χ3n) is 3.39. The first-order valence-corrected chi connectivity index (χ1v) is 6.10. The van der Waals surface area contributed by atoms with E-state index in [1.165, 1.54) is 12.1 Å². The Kier molecular flexibility index (Phi) is 6.10.